The summed E-state index contributed by atoms with van der Waals surface area (Å²) in [4.78, 5) is 24.9. The fourth-order valence-corrected chi connectivity index (χ4v) is 3.22. The smallest absolute Gasteiger partial charge is 0.334 e. The van der Waals surface area contributed by atoms with Gasteiger partial charge in [-0.1, -0.05) is 12.1 Å². The van der Waals surface area contributed by atoms with E-state index in [0.29, 0.717) is 34.1 Å². The molecule has 2 rings (SSSR count). The number of carbonyl (C=O) groups is 2. The van der Waals surface area contributed by atoms with Crippen molar-refractivity contribution in [2.24, 2.45) is 0 Å². The first-order chi connectivity index (χ1) is 15.4. The highest BCUT2D eigenvalue weighted by Crippen LogP contribution is 2.31. The summed E-state index contributed by atoms with van der Waals surface area (Å²) in [5.74, 6) is 0.107. The molecule has 0 atom stereocenters. The van der Waals surface area contributed by atoms with Crippen LogP contribution in [0.3, 0.4) is 0 Å². The van der Waals surface area contributed by atoms with Gasteiger partial charge in [-0.3, -0.25) is 0 Å². The normalized spacial score (nSPS) is 11.3. The number of hydrogen-bond donors (Lipinski definition) is 1. The van der Waals surface area contributed by atoms with Crippen molar-refractivity contribution in [3.05, 3.63) is 58.7 Å². The van der Waals surface area contributed by atoms with Crippen LogP contribution in [0.5, 0.6) is 23.0 Å². The second kappa shape index (κ2) is 11.6. The number of benzene rings is 2. The molecule has 172 valence electrons. The Kier molecular flexibility index (Phi) is 8.95. The van der Waals surface area contributed by atoms with Crippen LogP contribution in [0.25, 0.3) is 0 Å². The van der Waals surface area contributed by atoms with E-state index in [1.165, 1.54) is 28.4 Å². The van der Waals surface area contributed by atoms with Gasteiger partial charge in [0.2, 0.25) is 0 Å². The molecule has 8 nitrogen and oxygen atoms in total. The molecule has 0 bridgehead atoms. The number of carboxylic acids is 1. The second-order valence-corrected chi connectivity index (χ2v) is 6.71. The zero-order chi connectivity index (χ0) is 23.7. The highest BCUT2D eigenvalue weighted by Gasteiger charge is 2.23. The molecule has 0 saturated heterocycles. The first kappa shape index (κ1) is 24.6. The lowest BCUT2D eigenvalue weighted by molar-refractivity contribution is -0.140. The molecule has 0 heterocycles. The molecular weight excluding hydrogens is 416 g/mol. The number of rotatable bonds is 11. The fourth-order valence-electron chi connectivity index (χ4n) is 3.22. The molecule has 0 aliphatic rings. The molecule has 2 aromatic rings. The molecule has 32 heavy (non-hydrogen) atoms. The minimum atomic E-state index is -1.21. The number of carboxylic acid groups (broad SMARTS) is 1. The quantitative estimate of drug-likeness (QED) is 0.416. The maximum Gasteiger partial charge on any atom is 0.334 e. The Morgan fingerprint density at radius 3 is 1.53 bits per heavy atom. The molecule has 0 aromatic heterocycles. The molecule has 0 aliphatic heterocycles. The first-order valence-electron chi connectivity index (χ1n) is 9.92. The molecule has 0 saturated carbocycles. The van der Waals surface area contributed by atoms with Crippen LogP contribution in [-0.2, 0) is 27.2 Å². The van der Waals surface area contributed by atoms with Crippen molar-refractivity contribution in [2.75, 3.05) is 35.0 Å². The molecular formula is C24H28O8. The molecule has 0 fully saturated rings. The Balaban J connectivity index is 2.53. The van der Waals surface area contributed by atoms with Crippen LogP contribution in [0.15, 0.2) is 47.5 Å². The highest BCUT2D eigenvalue weighted by molar-refractivity contribution is 6.00. The molecule has 8 heteroatoms. The van der Waals surface area contributed by atoms with Gasteiger partial charge >= 0.3 is 11.9 Å². The maximum atomic E-state index is 12.7. The van der Waals surface area contributed by atoms with Crippen molar-refractivity contribution in [2.45, 2.75) is 19.8 Å². The minimum Gasteiger partial charge on any atom is -0.493 e. The van der Waals surface area contributed by atoms with Crippen LogP contribution in [0.4, 0.5) is 0 Å². The van der Waals surface area contributed by atoms with Gasteiger partial charge in [0.1, 0.15) is 0 Å². The largest absolute Gasteiger partial charge is 0.493 e. The van der Waals surface area contributed by atoms with Crippen LogP contribution in [0, 0.1) is 0 Å². The lowest BCUT2D eigenvalue weighted by atomic mass is 9.94. The molecule has 2 aromatic carbocycles. The molecule has 0 aliphatic carbocycles. The summed E-state index contributed by atoms with van der Waals surface area (Å²) in [5, 5.41) is 9.94. The van der Waals surface area contributed by atoms with E-state index in [2.05, 4.69) is 0 Å². The van der Waals surface area contributed by atoms with E-state index in [0.717, 1.165) is 0 Å². The second-order valence-electron chi connectivity index (χ2n) is 6.71. The minimum absolute atomic E-state index is 0.00285. The third-order valence-electron chi connectivity index (χ3n) is 4.80. The SMILES string of the molecule is CCOC(=O)/C(Cc1ccc(OC)c(OC)c1)=C(\Cc1ccc(OC)c(OC)c1)C(=O)O. The molecule has 0 amide bonds. The summed E-state index contributed by atoms with van der Waals surface area (Å²) >= 11 is 0. The van der Waals surface area contributed by atoms with E-state index in [-0.39, 0.29) is 30.6 Å². The predicted octanol–water partition coefficient (Wildman–Crippen LogP) is 3.45. The zero-order valence-electron chi connectivity index (χ0n) is 18.9. The van der Waals surface area contributed by atoms with Gasteiger partial charge in [0.25, 0.3) is 0 Å². The van der Waals surface area contributed by atoms with Crippen molar-refractivity contribution in [3.63, 3.8) is 0 Å². The van der Waals surface area contributed by atoms with Gasteiger partial charge in [0.15, 0.2) is 23.0 Å². The van der Waals surface area contributed by atoms with E-state index in [1.54, 1.807) is 43.3 Å². The van der Waals surface area contributed by atoms with Crippen LogP contribution in [-0.4, -0.2) is 52.1 Å². The van der Waals surface area contributed by atoms with E-state index in [1.807, 2.05) is 0 Å². The van der Waals surface area contributed by atoms with Gasteiger partial charge < -0.3 is 28.8 Å². The Morgan fingerprint density at radius 2 is 1.16 bits per heavy atom. The topological polar surface area (TPSA) is 101 Å². The Hall–Kier alpha value is -3.68. The summed E-state index contributed by atoms with van der Waals surface area (Å²) in [6, 6.07) is 10.2. The summed E-state index contributed by atoms with van der Waals surface area (Å²) in [6.45, 7) is 1.79. The van der Waals surface area contributed by atoms with Gasteiger partial charge in [0.05, 0.1) is 46.2 Å². The van der Waals surface area contributed by atoms with Crippen molar-refractivity contribution in [3.8, 4) is 23.0 Å². The van der Waals surface area contributed by atoms with Crippen LogP contribution >= 0.6 is 0 Å². The fraction of sp³-hybridized carbons (Fsp3) is 0.333. The van der Waals surface area contributed by atoms with E-state index >= 15 is 0 Å². The Bertz CT molecular complexity index is 993. The van der Waals surface area contributed by atoms with Gasteiger partial charge in [-0.2, -0.15) is 0 Å². The first-order valence-corrected chi connectivity index (χ1v) is 9.92. The van der Waals surface area contributed by atoms with Gasteiger partial charge in [-0.05, 0) is 42.3 Å². The van der Waals surface area contributed by atoms with E-state index < -0.39 is 11.9 Å². The lowest BCUT2D eigenvalue weighted by Crippen LogP contribution is -2.18. The Labute approximate surface area is 187 Å². The van der Waals surface area contributed by atoms with Crippen LogP contribution in [0.2, 0.25) is 0 Å². The summed E-state index contributed by atoms with van der Waals surface area (Å²) in [6.07, 6.45) is 0.0469. The van der Waals surface area contributed by atoms with Gasteiger partial charge in [0, 0.05) is 12.8 Å². The predicted molar refractivity (Wildman–Crippen MR) is 118 cm³/mol. The Morgan fingerprint density at radius 1 is 0.719 bits per heavy atom. The van der Waals surface area contributed by atoms with Crippen molar-refractivity contribution in [1.29, 1.82) is 0 Å². The number of esters is 1. The molecule has 0 unspecified atom stereocenters. The number of methoxy groups -OCH3 is 4. The van der Waals surface area contributed by atoms with Crippen LogP contribution < -0.4 is 18.9 Å². The number of carbonyl (C=O) groups excluding carboxylic acids is 1. The van der Waals surface area contributed by atoms with Crippen molar-refractivity contribution in [1.82, 2.24) is 0 Å². The highest BCUT2D eigenvalue weighted by atomic mass is 16.5. The van der Waals surface area contributed by atoms with E-state index in [9.17, 15) is 14.7 Å². The maximum absolute atomic E-state index is 12.7. The molecule has 0 radical (unpaired) electrons. The number of aliphatic carboxylic acids is 1. The number of ether oxygens (including phenoxy) is 5. The monoisotopic (exact) mass is 444 g/mol. The van der Waals surface area contributed by atoms with E-state index in [4.69, 9.17) is 23.7 Å². The van der Waals surface area contributed by atoms with Crippen molar-refractivity contribution < 1.29 is 38.4 Å². The van der Waals surface area contributed by atoms with Crippen LogP contribution in [0.1, 0.15) is 18.1 Å². The van der Waals surface area contributed by atoms with Gasteiger partial charge in [-0.25, -0.2) is 9.59 Å². The third kappa shape index (κ3) is 5.94. The number of hydrogen-bond acceptors (Lipinski definition) is 7. The summed E-state index contributed by atoms with van der Waals surface area (Å²) in [5.41, 5.74) is 1.32. The molecule has 1 N–H and O–H groups in total. The summed E-state index contributed by atoms with van der Waals surface area (Å²) in [7, 11) is 6.04. The molecule has 0 spiro atoms. The standard InChI is InChI=1S/C24H28O8/c1-6-32-24(27)18(12-16-8-10-20(29-3)22(14-16)31-5)17(23(25)26)11-15-7-9-19(28-2)21(13-15)30-4/h7-10,13-14H,6,11-12H2,1-5H3,(H,25,26)/b18-17+. The third-order valence-corrected chi connectivity index (χ3v) is 4.80. The van der Waals surface area contributed by atoms with Crippen molar-refractivity contribution >= 4 is 11.9 Å². The average Bonchev–Trinajstić information content (AvgIpc) is 2.80. The zero-order valence-corrected chi connectivity index (χ0v) is 18.9. The average molecular weight is 444 g/mol. The summed E-state index contributed by atoms with van der Waals surface area (Å²) < 4.78 is 26.3. The lowest BCUT2D eigenvalue weighted by Gasteiger charge is -2.15. The van der Waals surface area contributed by atoms with Gasteiger partial charge in [-0.15, -0.1) is 0 Å².